The van der Waals surface area contributed by atoms with Gasteiger partial charge in [-0.3, -0.25) is 9.59 Å². The molecule has 0 saturated carbocycles. The second kappa shape index (κ2) is 9.25. The van der Waals surface area contributed by atoms with Crippen molar-refractivity contribution < 1.29 is 14.7 Å². The van der Waals surface area contributed by atoms with E-state index in [1.165, 1.54) is 0 Å². The number of hydrogen-bond acceptors (Lipinski definition) is 3. The molecule has 2 unspecified atom stereocenters. The first-order valence-corrected chi connectivity index (χ1v) is 7.60. The van der Waals surface area contributed by atoms with Gasteiger partial charge in [0.25, 0.3) is 0 Å². The topological polar surface area (TPSA) is 66.4 Å². The molecule has 0 aromatic carbocycles. The minimum Gasteiger partial charge on any atom is -0.481 e. The van der Waals surface area contributed by atoms with Gasteiger partial charge in [0.1, 0.15) is 0 Å². The number of carbonyl (C=O) groups excluding carboxylic acids is 1. The summed E-state index contributed by atoms with van der Waals surface area (Å²) >= 11 is 1.61. The van der Waals surface area contributed by atoms with Crippen molar-refractivity contribution in [3.8, 4) is 0 Å². The lowest BCUT2D eigenvalue weighted by molar-refractivity contribution is -0.141. The number of rotatable bonds is 9. The molecule has 2 N–H and O–H groups in total. The maximum Gasteiger partial charge on any atom is 0.308 e. The number of carboxylic acids is 1. The molecule has 0 bridgehead atoms. The van der Waals surface area contributed by atoms with Crippen LogP contribution in [-0.2, 0) is 9.59 Å². The zero-order chi connectivity index (χ0) is 14.1. The molecule has 0 radical (unpaired) electrons. The number of nitrogens with one attached hydrogen (secondary N) is 1. The van der Waals surface area contributed by atoms with E-state index >= 15 is 0 Å². The highest BCUT2D eigenvalue weighted by atomic mass is 32.2. The zero-order valence-electron chi connectivity index (χ0n) is 11.7. The van der Waals surface area contributed by atoms with Gasteiger partial charge in [-0.05, 0) is 18.1 Å². The van der Waals surface area contributed by atoms with Crippen LogP contribution in [0.25, 0.3) is 0 Å². The summed E-state index contributed by atoms with van der Waals surface area (Å²) in [7, 11) is 0. The molecule has 0 rings (SSSR count). The van der Waals surface area contributed by atoms with Gasteiger partial charge in [0.15, 0.2) is 0 Å². The summed E-state index contributed by atoms with van der Waals surface area (Å²) in [5, 5.41) is 11.7. The lowest BCUT2D eigenvalue weighted by Crippen LogP contribution is -2.40. The molecule has 5 heteroatoms. The van der Waals surface area contributed by atoms with Crippen LogP contribution in [0.2, 0.25) is 0 Å². The predicted octanol–water partition coefficient (Wildman–Crippen LogP) is 2.38. The molecule has 1 amide bonds. The Hall–Kier alpha value is -0.710. The highest BCUT2D eigenvalue weighted by molar-refractivity contribution is 8.00. The van der Waals surface area contributed by atoms with E-state index in [0.717, 1.165) is 12.2 Å². The van der Waals surface area contributed by atoms with Gasteiger partial charge in [0, 0.05) is 6.54 Å². The molecule has 0 aliphatic carbocycles. The van der Waals surface area contributed by atoms with Gasteiger partial charge in [-0.2, -0.15) is 0 Å². The number of aliphatic carboxylic acids is 1. The Morgan fingerprint density at radius 2 is 1.89 bits per heavy atom. The van der Waals surface area contributed by atoms with Crippen molar-refractivity contribution in [2.75, 3.05) is 12.3 Å². The predicted molar refractivity (Wildman–Crippen MR) is 75.8 cm³/mol. The summed E-state index contributed by atoms with van der Waals surface area (Å²) in [6, 6.07) is 0. The van der Waals surface area contributed by atoms with Crippen molar-refractivity contribution in [3.05, 3.63) is 0 Å². The SMILES string of the molecule is CCCC(CNC(=O)C(SCC)C(C)C)C(=O)O. The van der Waals surface area contributed by atoms with E-state index in [4.69, 9.17) is 5.11 Å². The van der Waals surface area contributed by atoms with Crippen molar-refractivity contribution >= 4 is 23.6 Å². The molecular weight excluding hydrogens is 250 g/mol. The minimum atomic E-state index is -0.832. The Morgan fingerprint density at radius 3 is 2.28 bits per heavy atom. The van der Waals surface area contributed by atoms with Gasteiger partial charge >= 0.3 is 5.97 Å². The quantitative estimate of drug-likeness (QED) is 0.678. The van der Waals surface area contributed by atoms with E-state index in [0.29, 0.717) is 6.42 Å². The minimum absolute atomic E-state index is 0.0424. The lowest BCUT2D eigenvalue weighted by Gasteiger charge is -2.20. The van der Waals surface area contributed by atoms with Gasteiger partial charge in [0.05, 0.1) is 11.2 Å². The normalized spacial score (nSPS) is 14.3. The summed E-state index contributed by atoms with van der Waals surface area (Å²) < 4.78 is 0. The third-order valence-corrected chi connectivity index (χ3v) is 4.17. The van der Waals surface area contributed by atoms with Crippen LogP contribution >= 0.6 is 11.8 Å². The molecule has 4 nitrogen and oxygen atoms in total. The zero-order valence-corrected chi connectivity index (χ0v) is 12.5. The molecule has 0 aliphatic heterocycles. The van der Waals surface area contributed by atoms with Crippen molar-refractivity contribution in [2.45, 2.75) is 45.8 Å². The van der Waals surface area contributed by atoms with E-state index in [-0.39, 0.29) is 23.6 Å². The van der Waals surface area contributed by atoms with Crippen LogP contribution in [0, 0.1) is 11.8 Å². The van der Waals surface area contributed by atoms with E-state index in [1.807, 2.05) is 27.7 Å². The molecule has 106 valence electrons. The summed E-state index contributed by atoms with van der Waals surface area (Å²) in [6.07, 6.45) is 1.41. The van der Waals surface area contributed by atoms with Crippen LogP contribution in [0.5, 0.6) is 0 Å². The number of carbonyl (C=O) groups is 2. The van der Waals surface area contributed by atoms with E-state index in [2.05, 4.69) is 5.32 Å². The Morgan fingerprint density at radius 1 is 1.28 bits per heavy atom. The molecule has 2 atom stereocenters. The highest BCUT2D eigenvalue weighted by Crippen LogP contribution is 2.19. The Kier molecular flexibility index (Phi) is 8.89. The third kappa shape index (κ3) is 6.28. The largest absolute Gasteiger partial charge is 0.481 e. The molecule has 0 aromatic heterocycles. The van der Waals surface area contributed by atoms with Crippen molar-refractivity contribution in [1.82, 2.24) is 5.32 Å². The number of thioether (sulfide) groups is 1. The molecular formula is C13H25NO3S. The third-order valence-electron chi connectivity index (χ3n) is 2.72. The van der Waals surface area contributed by atoms with Crippen LogP contribution in [0.3, 0.4) is 0 Å². The van der Waals surface area contributed by atoms with Crippen molar-refractivity contribution in [3.63, 3.8) is 0 Å². The van der Waals surface area contributed by atoms with Crippen LogP contribution in [-0.4, -0.2) is 34.5 Å². The smallest absolute Gasteiger partial charge is 0.308 e. The maximum atomic E-state index is 12.0. The van der Waals surface area contributed by atoms with E-state index in [9.17, 15) is 9.59 Å². The van der Waals surface area contributed by atoms with E-state index < -0.39 is 11.9 Å². The van der Waals surface area contributed by atoms with Gasteiger partial charge in [-0.25, -0.2) is 0 Å². The molecule has 0 spiro atoms. The first kappa shape index (κ1) is 17.3. The number of hydrogen-bond donors (Lipinski definition) is 2. The standard InChI is InChI=1S/C13H25NO3S/c1-5-7-10(13(16)17)8-14-12(15)11(9(3)4)18-6-2/h9-11H,5-8H2,1-4H3,(H,14,15)(H,16,17). The van der Waals surface area contributed by atoms with Crippen molar-refractivity contribution in [2.24, 2.45) is 11.8 Å². The maximum absolute atomic E-state index is 12.0. The van der Waals surface area contributed by atoms with Gasteiger partial charge < -0.3 is 10.4 Å². The molecule has 0 aliphatic rings. The monoisotopic (exact) mass is 275 g/mol. The van der Waals surface area contributed by atoms with Crippen LogP contribution in [0.15, 0.2) is 0 Å². The number of carboxylic acid groups (broad SMARTS) is 1. The summed E-state index contributed by atoms with van der Waals surface area (Å²) in [5.41, 5.74) is 0. The molecule has 0 aromatic rings. The average Bonchev–Trinajstić information content (AvgIpc) is 2.30. The van der Waals surface area contributed by atoms with E-state index in [1.54, 1.807) is 11.8 Å². The lowest BCUT2D eigenvalue weighted by atomic mass is 10.0. The highest BCUT2D eigenvalue weighted by Gasteiger charge is 2.24. The van der Waals surface area contributed by atoms with Gasteiger partial charge in [-0.1, -0.05) is 34.1 Å². The average molecular weight is 275 g/mol. The fourth-order valence-corrected chi connectivity index (χ4v) is 2.71. The Labute approximate surface area is 114 Å². The fourth-order valence-electron chi connectivity index (χ4n) is 1.74. The number of amides is 1. The second-order valence-corrected chi connectivity index (χ2v) is 6.11. The Balaban J connectivity index is 4.31. The molecule has 0 saturated heterocycles. The van der Waals surface area contributed by atoms with Crippen LogP contribution in [0.4, 0.5) is 0 Å². The fraction of sp³-hybridized carbons (Fsp3) is 0.846. The van der Waals surface area contributed by atoms with Crippen molar-refractivity contribution in [1.29, 1.82) is 0 Å². The summed E-state index contributed by atoms with van der Waals surface area (Å²) in [6.45, 7) is 8.21. The molecule has 0 heterocycles. The molecule has 0 fully saturated rings. The molecule has 18 heavy (non-hydrogen) atoms. The van der Waals surface area contributed by atoms with Gasteiger partial charge in [-0.15, -0.1) is 11.8 Å². The second-order valence-electron chi connectivity index (χ2n) is 4.69. The van der Waals surface area contributed by atoms with Crippen LogP contribution in [0.1, 0.15) is 40.5 Å². The first-order valence-electron chi connectivity index (χ1n) is 6.56. The Bertz CT molecular complexity index is 269. The van der Waals surface area contributed by atoms with Gasteiger partial charge in [0.2, 0.25) is 5.91 Å². The summed E-state index contributed by atoms with van der Waals surface area (Å²) in [4.78, 5) is 23.0. The summed E-state index contributed by atoms with van der Waals surface area (Å²) in [5.74, 6) is -0.212. The first-order chi connectivity index (χ1) is 8.43. The van der Waals surface area contributed by atoms with Crippen LogP contribution < -0.4 is 5.32 Å².